The zero-order valence-corrected chi connectivity index (χ0v) is 17.6. The molecule has 3 heterocycles. The predicted molar refractivity (Wildman–Crippen MR) is 119 cm³/mol. The van der Waals surface area contributed by atoms with Crippen molar-refractivity contribution < 1.29 is 14.0 Å². The van der Waals surface area contributed by atoms with E-state index in [-0.39, 0.29) is 30.3 Å². The molecule has 1 aliphatic heterocycles. The van der Waals surface area contributed by atoms with Crippen LogP contribution in [0.25, 0.3) is 21.7 Å². The number of hydrogen-bond donors (Lipinski definition) is 2. The van der Waals surface area contributed by atoms with Crippen LogP contribution < -0.4 is 5.56 Å². The largest absolute Gasteiger partial charge is 0.351 e. The number of fused-ring (bicyclic) bond motifs is 4. The van der Waals surface area contributed by atoms with Crippen LogP contribution in [0.4, 0.5) is 4.39 Å². The lowest BCUT2D eigenvalue weighted by atomic mass is 9.92. The molecule has 0 fully saturated rings. The topological polar surface area (TPSA) is 89.3 Å². The highest BCUT2D eigenvalue weighted by atomic mass is 19.1. The molecule has 0 saturated carbocycles. The number of para-hydroxylation sites is 1. The van der Waals surface area contributed by atoms with E-state index >= 15 is 0 Å². The number of pyridine rings is 1. The van der Waals surface area contributed by atoms with E-state index in [1.54, 1.807) is 29.0 Å². The van der Waals surface area contributed by atoms with E-state index in [0.29, 0.717) is 16.8 Å². The highest BCUT2D eigenvalue weighted by molar-refractivity contribution is 5.98. The third-order valence-electron chi connectivity index (χ3n) is 6.18. The maximum absolute atomic E-state index is 13.8. The Labute approximate surface area is 182 Å². The Morgan fingerprint density at radius 1 is 1.09 bits per heavy atom. The van der Waals surface area contributed by atoms with Gasteiger partial charge in [-0.3, -0.25) is 14.4 Å². The number of halogens is 1. The number of likely N-dealkylation sites (N-methyl/N-ethyl adjacent to an activating group) is 1. The molecule has 5 rings (SSSR count). The summed E-state index contributed by atoms with van der Waals surface area (Å²) in [6.07, 6.45) is 0. The number of rotatable bonds is 2. The van der Waals surface area contributed by atoms with Gasteiger partial charge in [0, 0.05) is 42.7 Å². The number of carbonyl (C=O) groups excluding carboxylic acids is 2. The quantitative estimate of drug-likeness (QED) is 0.509. The van der Waals surface area contributed by atoms with E-state index in [1.807, 2.05) is 24.3 Å². The summed E-state index contributed by atoms with van der Waals surface area (Å²) in [5.74, 6) is -0.917. The number of benzene rings is 2. The second-order valence-electron chi connectivity index (χ2n) is 8.14. The molecule has 1 unspecified atom stereocenters. The molecule has 4 aromatic rings. The number of hydrogen-bond acceptors (Lipinski definition) is 3. The highest BCUT2D eigenvalue weighted by Gasteiger charge is 2.34. The summed E-state index contributed by atoms with van der Waals surface area (Å²) in [5, 5.41) is 1.72. The second-order valence-corrected chi connectivity index (χ2v) is 8.14. The first-order valence-electron chi connectivity index (χ1n) is 10.3. The van der Waals surface area contributed by atoms with Gasteiger partial charge in [-0.05, 0) is 29.7 Å². The zero-order chi connectivity index (χ0) is 22.6. The van der Waals surface area contributed by atoms with E-state index in [1.165, 1.54) is 19.1 Å². The third-order valence-corrected chi connectivity index (χ3v) is 6.18. The van der Waals surface area contributed by atoms with Gasteiger partial charge >= 0.3 is 0 Å². The number of amides is 2. The molecule has 0 bridgehead atoms. The molecular formula is C24H21FN4O3. The van der Waals surface area contributed by atoms with Crippen LogP contribution in [0.5, 0.6) is 0 Å². The standard InChI is InChI=1S/C24H21FN4O3/c1-13(30)29-11-20-22(16-8-7-15(25)10-17(16)23(31)27-20)21(12-29)28(2)24(32)19-9-14-5-3-4-6-18(14)26-19/h3-10,21,26H,11-12H2,1-2H3,(H,27,31). The SMILES string of the molecule is CC(=O)N1Cc2[nH]c(=O)c3cc(F)ccc3c2C(N(C)C(=O)c2cc3ccccc3[nH]2)C1. The smallest absolute Gasteiger partial charge is 0.270 e. The molecule has 1 atom stereocenters. The van der Waals surface area contributed by atoms with E-state index in [4.69, 9.17) is 0 Å². The van der Waals surface area contributed by atoms with E-state index in [2.05, 4.69) is 9.97 Å². The molecule has 2 N–H and O–H groups in total. The van der Waals surface area contributed by atoms with Crippen molar-refractivity contribution in [3.05, 3.63) is 81.7 Å². The minimum absolute atomic E-state index is 0.160. The summed E-state index contributed by atoms with van der Waals surface area (Å²) in [7, 11) is 1.67. The van der Waals surface area contributed by atoms with Gasteiger partial charge in [-0.2, -0.15) is 0 Å². The van der Waals surface area contributed by atoms with E-state index in [0.717, 1.165) is 16.5 Å². The number of nitrogens with one attached hydrogen (secondary N) is 2. The molecule has 162 valence electrons. The van der Waals surface area contributed by atoms with Crippen LogP contribution in [0.15, 0.2) is 53.3 Å². The predicted octanol–water partition coefficient (Wildman–Crippen LogP) is 3.32. The van der Waals surface area contributed by atoms with Gasteiger partial charge in [0.25, 0.3) is 11.5 Å². The lowest BCUT2D eigenvalue weighted by Crippen LogP contribution is -2.45. The Balaban J connectivity index is 1.65. The number of carbonyl (C=O) groups is 2. The van der Waals surface area contributed by atoms with Gasteiger partial charge in [0.05, 0.1) is 18.0 Å². The number of aromatic amines is 2. The first-order chi connectivity index (χ1) is 15.3. The minimum atomic E-state index is -0.522. The van der Waals surface area contributed by atoms with Gasteiger partial charge in [0.1, 0.15) is 11.5 Å². The molecule has 2 aromatic heterocycles. The summed E-state index contributed by atoms with van der Waals surface area (Å²) in [5.41, 5.74) is 2.13. The van der Waals surface area contributed by atoms with Gasteiger partial charge in [-0.25, -0.2) is 4.39 Å². The van der Waals surface area contributed by atoms with Crippen molar-refractivity contribution in [3.63, 3.8) is 0 Å². The fourth-order valence-electron chi connectivity index (χ4n) is 4.51. The van der Waals surface area contributed by atoms with Crippen molar-refractivity contribution in [2.75, 3.05) is 13.6 Å². The van der Waals surface area contributed by atoms with Gasteiger partial charge in [-0.1, -0.05) is 24.3 Å². The van der Waals surface area contributed by atoms with E-state index < -0.39 is 17.4 Å². The highest BCUT2D eigenvalue weighted by Crippen LogP contribution is 2.35. The van der Waals surface area contributed by atoms with Gasteiger partial charge in [0.15, 0.2) is 0 Å². The lowest BCUT2D eigenvalue weighted by molar-refractivity contribution is -0.130. The summed E-state index contributed by atoms with van der Waals surface area (Å²) >= 11 is 0. The van der Waals surface area contributed by atoms with Crippen LogP contribution in [0, 0.1) is 5.82 Å². The van der Waals surface area contributed by atoms with Gasteiger partial charge < -0.3 is 19.8 Å². The lowest BCUT2D eigenvalue weighted by Gasteiger charge is -2.39. The van der Waals surface area contributed by atoms with Crippen molar-refractivity contribution in [3.8, 4) is 0 Å². The average Bonchev–Trinajstić information content (AvgIpc) is 3.21. The molecule has 2 amide bonds. The summed E-state index contributed by atoms with van der Waals surface area (Å²) in [6.45, 7) is 1.94. The first kappa shape index (κ1) is 20.0. The van der Waals surface area contributed by atoms with Crippen LogP contribution >= 0.6 is 0 Å². The average molecular weight is 432 g/mol. The van der Waals surface area contributed by atoms with Gasteiger partial charge in [0.2, 0.25) is 5.91 Å². The molecule has 0 radical (unpaired) electrons. The number of H-pyrrole nitrogens is 2. The number of aromatic nitrogens is 2. The maximum Gasteiger partial charge on any atom is 0.270 e. The maximum atomic E-state index is 13.8. The van der Waals surface area contributed by atoms with Crippen molar-refractivity contribution in [1.82, 2.24) is 19.8 Å². The zero-order valence-electron chi connectivity index (χ0n) is 17.6. The molecule has 0 spiro atoms. The van der Waals surface area contributed by atoms with E-state index in [9.17, 15) is 18.8 Å². The van der Waals surface area contributed by atoms with Gasteiger partial charge in [-0.15, -0.1) is 0 Å². The van der Waals surface area contributed by atoms with Crippen LogP contribution in [-0.4, -0.2) is 45.2 Å². The van der Waals surface area contributed by atoms with Crippen LogP contribution in [0.1, 0.15) is 34.7 Å². The molecule has 7 nitrogen and oxygen atoms in total. The molecule has 2 aromatic carbocycles. The Kier molecular flexibility index (Phi) is 4.58. The minimum Gasteiger partial charge on any atom is -0.351 e. The Bertz CT molecular complexity index is 1420. The molecule has 1 aliphatic rings. The molecule has 0 aliphatic carbocycles. The normalized spacial score (nSPS) is 15.7. The Hall–Kier alpha value is -3.94. The molecule has 8 heteroatoms. The first-order valence-corrected chi connectivity index (χ1v) is 10.3. The monoisotopic (exact) mass is 432 g/mol. The Morgan fingerprint density at radius 3 is 2.62 bits per heavy atom. The van der Waals surface area contributed by atoms with Crippen molar-refractivity contribution in [2.24, 2.45) is 0 Å². The van der Waals surface area contributed by atoms with Crippen molar-refractivity contribution in [2.45, 2.75) is 19.5 Å². The fourth-order valence-corrected chi connectivity index (χ4v) is 4.51. The molecule has 0 saturated heterocycles. The van der Waals surface area contributed by atoms with Crippen molar-refractivity contribution in [1.29, 1.82) is 0 Å². The summed E-state index contributed by atoms with van der Waals surface area (Å²) in [6, 6.07) is 12.9. The summed E-state index contributed by atoms with van der Waals surface area (Å²) in [4.78, 5) is 47.3. The van der Waals surface area contributed by atoms with Crippen LogP contribution in [0.2, 0.25) is 0 Å². The summed E-state index contributed by atoms with van der Waals surface area (Å²) < 4.78 is 13.8. The molecule has 32 heavy (non-hydrogen) atoms. The Morgan fingerprint density at radius 2 is 1.88 bits per heavy atom. The molecular weight excluding hydrogens is 411 g/mol. The van der Waals surface area contributed by atoms with Crippen molar-refractivity contribution >= 4 is 33.5 Å². The number of nitrogens with zero attached hydrogens (tertiary/aromatic N) is 2. The second kappa shape index (κ2) is 7.33. The van der Waals surface area contributed by atoms with Crippen LogP contribution in [-0.2, 0) is 11.3 Å². The third kappa shape index (κ3) is 3.15. The van der Waals surface area contributed by atoms with Crippen LogP contribution in [0.3, 0.4) is 0 Å². The fraction of sp³-hybridized carbons (Fsp3) is 0.208.